The first-order chi connectivity index (χ1) is 7.58. The first-order valence-electron chi connectivity index (χ1n) is 4.59. The number of carbonyl (C=O) groups excluding carboxylic acids is 2. The topological polar surface area (TPSA) is 49.4 Å². The molecular weight excluding hydrogens is 218 g/mol. The molecule has 0 radical (unpaired) electrons. The van der Waals surface area contributed by atoms with Gasteiger partial charge in [0.25, 0.3) is 0 Å². The van der Waals surface area contributed by atoms with E-state index >= 15 is 0 Å². The zero-order chi connectivity index (χ0) is 11.7. The predicted molar refractivity (Wildman–Crippen MR) is 51.7 cm³/mol. The van der Waals surface area contributed by atoms with Gasteiger partial charge in [-0.25, -0.2) is 8.78 Å². The molecule has 1 fully saturated rings. The number of hydrogen-bond donors (Lipinski definition) is 1. The van der Waals surface area contributed by atoms with Gasteiger partial charge in [-0.2, -0.15) is 0 Å². The predicted octanol–water partition coefficient (Wildman–Crippen LogP) is 0.428. The molecule has 1 aromatic rings. The third-order valence-electron chi connectivity index (χ3n) is 2.22. The smallest absolute Gasteiger partial charge is 0.246 e. The van der Waals surface area contributed by atoms with Crippen molar-refractivity contribution in [3.05, 3.63) is 29.8 Å². The number of nitrogens with zero attached hydrogens (tertiary/aromatic N) is 1. The molecule has 1 aromatic carbocycles. The Hall–Kier alpha value is -1.98. The molecule has 0 atom stereocenters. The van der Waals surface area contributed by atoms with E-state index in [2.05, 4.69) is 5.32 Å². The number of nitrogens with one attached hydrogen (secondary N) is 1. The number of rotatable bonds is 1. The summed E-state index contributed by atoms with van der Waals surface area (Å²) in [6.45, 7) is -0.321. The fourth-order valence-corrected chi connectivity index (χ4v) is 1.54. The van der Waals surface area contributed by atoms with E-state index < -0.39 is 23.4 Å². The van der Waals surface area contributed by atoms with Gasteiger partial charge in [0.2, 0.25) is 11.8 Å². The van der Waals surface area contributed by atoms with E-state index in [-0.39, 0.29) is 18.8 Å². The van der Waals surface area contributed by atoms with Crippen molar-refractivity contribution in [2.24, 2.45) is 0 Å². The molecule has 0 unspecified atom stereocenters. The molecule has 0 bridgehead atoms. The van der Waals surface area contributed by atoms with Crippen LogP contribution < -0.4 is 10.2 Å². The third kappa shape index (κ3) is 1.86. The third-order valence-corrected chi connectivity index (χ3v) is 2.22. The molecule has 1 aliphatic rings. The van der Waals surface area contributed by atoms with E-state index in [1.165, 1.54) is 17.0 Å². The van der Waals surface area contributed by atoms with Crippen LogP contribution in [-0.4, -0.2) is 24.9 Å². The van der Waals surface area contributed by atoms with Gasteiger partial charge in [-0.05, 0) is 12.1 Å². The average molecular weight is 226 g/mol. The van der Waals surface area contributed by atoms with Crippen LogP contribution in [-0.2, 0) is 9.59 Å². The second-order valence-corrected chi connectivity index (χ2v) is 3.40. The molecular formula is C10H8F2N2O2. The van der Waals surface area contributed by atoms with E-state index in [4.69, 9.17) is 0 Å². The Morgan fingerprint density at radius 3 is 2.38 bits per heavy atom. The zero-order valence-corrected chi connectivity index (χ0v) is 8.17. The van der Waals surface area contributed by atoms with Crippen molar-refractivity contribution >= 4 is 17.5 Å². The summed E-state index contributed by atoms with van der Waals surface area (Å²) in [5.41, 5.74) is -0.0804. The number of anilines is 1. The first-order valence-corrected chi connectivity index (χ1v) is 4.59. The summed E-state index contributed by atoms with van der Waals surface area (Å²) in [5.74, 6) is -3.11. The van der Waals surface area contributed by atoms with Gasteiger partial charge in [0.1, 0.15) is 0 Å². The van der Waals surface area contributed by atoms with E-state index in [9.17, 15) is 18.4 Å². The molecule has 1 N–H and O–H groups in total. The normalized spacial score (nSPS) is 16.2. The van der Waals surface area contributed by atoms with E-state index in [0.29, 0.717) is 0 Å². The van der Waals surface area contributed by atoms with Gasteiger partial charge in [0.15, 0.2) is 11.6 Å². The Bertz CT molecular complexity index is 446. The SMILES string of the molecule is O=C1CN(c2cccc(F)c2F)CC(=O)N1. The fourth-order valence-electron chi connectivity index (χ4n) is 1.54. The molecule has 1 aliphatic heterocycles. The summed E-state index contributed by atoms with van der Waals surface area (Å²) >= 11 is 0. The largest absolute Gasteiger partial charge is 0.350 e. The molecule has 4 nitrogen and oxygen atoms in total. The van der Waals surface area contributed by atoms with Crippen molar-refractivity contribution in [3.63, 3.8) is 0 Å². The van der Waals surface area contributed by atoms with Gasteiger partial charge in [0.05, 0.1) is 18.8 Å². The Morgan fingerprint density at radius 2 is 1.75 bits per heavy atom. The van der Waals surface area contributed by atoms with Crippen molar-refractivity contribution in [3.8, 4) is 0 Å². The van der Waals surface area contributed by atoms with Crippen LogP contribution in [0.25, 0.3) is 0 Å². The minimum atomic E-state index is -1.05. The average Bonchev–Trinajstić information content (AvgIpc) is 2.20. The minimum Gasteiger partial charge on any atom is -0.350 e. The molecule has 0 aliphatic carbocycles. The Morgan fingerprint density at radius 1 is 1.12 bits per heavy atom. The van der Waals surface area contributed by atoms with Crippen LogP contribution in [0.15, 0.2) is 18.2 Å². The van der Waals surface area contributed by atoms with Gasteiger partial charge in [-0.3, -0.25) is 14.9 Å². The number of halogens is 2. The minimum absolute atomic E-state index is 0.0804. The van der Waals surface area contributed by atoms with Crippen LogP contribution in [0.2, 0.25) is 0 Å². The molecule has 16 heavy (non-hydrogen) atoms. The molecule has 84 valence electrons. The summed E-state index contributed by atoms with van der Waals surface area (Å²) in [4.78, 5) is 23.3. The summed E-state index contributed by atoms with van der Waals surface area (Å²) < 4.78 is 26.3. The van der Waals surface area contributed by atoms with E-state index in [1.54, 1.807) is 0 Å². The highest BCUT2D eigenvalue weighted by molar-refractivity contribution is 6.02. The quantitative estimate of drug-likeness (QED) is 0.706. The molecule has 1 heterocycles. The Labute approximate surface area is 89.8 Å². The summed E-state index contributed by atoms with van der Waals surface area (Å²) in [6, 6.07) is 3.62. The standard InChI is InChI=1S/C10H8F2N2O2/c11-6-2-1-3-7(10(6)12)14-4-8(15)13-9(16)5-14/h1-3H,4-5H2,(H,13,15,16). The molecule has 0 spiro atoms. The molecule has 0 saturated carbocycles. The highest BCUT2D eigenvalue weighted by atomic mass is 19.2. The summed E-state index contributed by atoms with van der Waals surface area (Å²) in [5, 5.41) is 2.08. The second-order valence-electron chi connectivity index (χ2n) is 3.40. The fraction of sp³-hybridized carbons (Fsp3) is 0.200. The number of carbonyl (C=O) groups is 2. The van der Waals surface area contributed by atoms with Crippen molar-refractivity contribution in [2.75, 3.05) is 18.0 Å². The van der Waals surface area contributed by atoms with Gasteiger partial charge in [-0.1, -0.05) is 6.07 Å². The van der Waals surface area contributed by atoms with Crippen LogP contribution in [0, 0.1) is 11.6 Å². The lowest BCUT2D eigenvalue weighted by molar-refractivity contribution is -0.130. The maximum Gasteiger partial charge on any atom is 0.246 e. The van der Waals surface area contributed by atoms with Crippen LogP contribution in [0.1, 0.15) is 0 Å². The van der Waals surface area contributed by atoms with Crippen LogP contribution >= 0.6 is 0 Å². The lowest BCUT2D eigenvalue weighted by Gasteiger charge is -2.27. The number of imide groups is 1. The van der Waals surface area contributed by atoms with Crippen molar-refractivity contribution in [2.45, 2.75) is 0 Å². The molecule has 2 rings (SSSR count). The summed E-state index contributed by atoms with van der Waals surface area (Å²) in [6.07, 6.45) is 0. The van der Waals surface area contributed by atoms with Crippen molar-refractivity contribution < 1.29 is 18.4 Å². The maximum atomic E-state index is 13.4. The molecule has 2 amide bonds. The van der Waals surface area contributed by atoms with E-state index in [1.807, 2.05) is 0 Å². The number of amides is 2. The Kier molecular flexibility index (Phi) is 2.55. The first kappa shape index (κ1) is 10.5. The van der Waals surface area contributed by atoms with Gasteiger partial charge < -0.3 is 4.90 Å². The highest BCUT2D eigenvalue weighted by Gasteiger charge is 2.25. The van der Waals surface area contributed by atoms with Crippen LogP contribution in [0.3, 0.4) is 0 Å². The van der Waals surface area contributed by atoms with Crippen molar-refractivity contribution in [1.82, 2.24) is 5.32 Å². The monoisotopic (exact) mass is 226 g/mol. The lowest BCUT2D eigenvalue weighted by Crippen LogP contribution is -2.51. The zero-order valence-electron chi connectivity index (χ0n) is 8.17. The van der Waals surface area contributed by atoms with Gasteiger partial charge in [-0.15, -0.1) is 0 Å². The second kappa shape index (κ2) is 3.88. The van der Waals surface area contributed by atoms with Gasteiger partial charge in [0, 0.05) is 0 Å². The number of piperazine rings is 1. The summed E-state index contributed by atoms with van der Waals surface area (Å²) in [7, 11) is 0. The van der Waals surface area contributed by atoms with E-state index in [0.717, 1.165) is 6.07 Å². The lowest BCUT2D eigenvalue weighted by atomic mass is 10.2. The number of hydrogen-bond acceptors (Lipinski definition) is 3. The van der Waals surface area contributed by atoms with Crippen molar-refractivity contribution in [1.29, 1.82) is 0 Å². The van der Waals surface area contributed by atoms with Crippen LogP contribution in [0.4, 0.5) is 14.5 Å². The molecule has 0 aromatic heterocycles. The maximum absolute atomic E-state index is 13.4. The van der Waals surface area contributed by atoms with Crippen LogP contribution in [0.5, 0.6) is 0 Å². The van der Waals surface area contributed by atoms with Gasteiger partial charge >= 0.3 is 0 Å². The highest BCUT2D eigenvalue weighted by Crippen LogP contribution is 2.21. The molecule has 1 saturated heterocycles. The number of benzene rings is 1. The Balaban J connectivity index is 2.33. The molecule has 6 heteroatoms.